The second-order valence-corrected chi connectivity index (χ2v) is 6.02. The van der Waals surface area contributed by atoms with Crippen molar-refractivity contribution in [3.8, 4) is 0 Å². The lowest BCUT2D eigenvalue weighted by molar-refractivity contribution is -0.140. The van der Waals surface area contributed by atoms with Crippen LogP contribution in [-0.4, -0.2) is 138 Å². The average molecular weight is 436 g/mol. The van der Waals surface area contributed by atoms with E-state index in [1.807, 2.05) is 0 Å². The number of hydrogen-bond donors (Lipinski definition) is 5. The third-order valence-electron chi connectivity index (χ3n) is 3.62. The molecule has 0 saturated carbocycles. The molecule has 0 saturated heterocycles. The standard InChI is InChI=1S/C16H28N4O8.CH4O/c1-2-17-13(22)9-20(12-16(27)28)6-5-18(10-14(23)24)3-4-19(7-8-21)11-15(25)26;1-2/h8H,2-7,9-12H2,1H3,(H,17,22)(H,23,24)(H,25,26)(H,27,28);2H,1H3. The first kappa shape index (κ1) is 29.6. The molecule has 0 bridgehead atoms. The first-order chi connectivity index (χ1) is 14.2. The number of aliphatic hydroxyl groups excluding tert-OH is 1. The molecule has 0 aromatic carbocycles. The van der Waals surface area contributed by atoms with Crippen LogP contribution in [0.15, 0.2) is 0 Å². The number of likely N-dealkylation sites (N-methyl/N-ethyl adjacent to an activating group) is 1. The van der Waals surface area contributed by atoms with Crippen LogP contribution < -0.4 is 5.32 Å². The molecular formula is C17H32N4O9. The molecule has 0 aliphatic heterocycles. The number of aliphatic carboxylic acids is 3. The van der Waals surface area contributed by atoms with E-state index in [2.05, 4.69) is 5.32 Å². The minimum absolute atomic E-state index is 0.102. The number of amides is 1. The molecule has 5 N–H and O–H groups in total. The van der Waals surface area contributed by atoms with E-state index in [4.69, 9.17) is 20.4 Å². The fourth-order valence-corrected chi connectivity index (χ4v) is 2.42. The number of carboxylic acid groups (broad SMARTS) is 3. The lowest BCUT2D eigenvalue weighted by Gasteiger charge is -2.27. The molecule has 1 amide bonds. The summed E-state index contributed by atoms with van der Waals surface area (Å²) in [5.41, 5.74) is 0. The molecule has 0 spiro atoms. The Bertz CT molecular complexity index is 545. The van der Waals surface area contributed by atoms with Crippen LogP contribution in [0.3, 0.4) is 0 Å². The number of nitrogens with zero attached hydrogens (tertiary/aromatic N) is 3. The molecule has 174 valence electrons. The van der Waals surface area contributed by atoms with Crippen molar-refractivity contribution in [2.24, 2.45) is 0 Å². The average Bonchev–Trinajstić information content (AvgIpc) is 2.64. The van der Waals surface area contributed by atoms with Gasteiger partial charge in [-0.15, -0.1) is 0 Å². The SMILES string of the molecule is CCNC(=O)CN(CCN(CCN(CC=O)CC(=O)O)CC(=O)O)CC(=O)O.CO. The highest BCUT2D eigenvalue weighted by Gasteiger charge is 2.18. The van der Waals surface area contributed by atoms with E-state index in [0.717, 1.165) is 7.11 Å². The van der Waals surface area contributed by atoms with Crippen LogP contribution in [0.4, 0.5) is 0 Å². The monoisotopic (exact) mass is 436 g/mol. The van der Waals surface area contributed by atoms with Gasteiger partial charge in [0.2, 0.25) is 5.91 Å². The molecule has 0 radical (unpaired) electrons. The molecule has 0 aromatic rings. The molecule has 0 aliphatic rings. The summed E-state index contributed by atoms with van der Waals surface area (Å²) in [6, 6.07) is 0. The number of carbonyl (C=O) groups is 5. The molecule has 0 atom stereocenters. The molecule has 13 nitrogen and oxygen atoms in total. The Hall–Kier alpha value is -2.61. The molecule has 30 heavy (non-hydrogen) atoms. The molecule has 0 unspecified atom stereocenters. The topological polar surface area (TPSA) is 188 Å². The molecule has 0 rings (SSSR count). The summed E-state index contributed by atoms with van der Waals surface area (Å²) < 4.78 is 0. The summed E-state index contributed by atoms with van der Waals surface area (Å²) >= 11 is 0. The zero-order chi connectivity index (χ0) is 23.5. The largest absolute Gasteiger partial charge is 0.480 e. The van der Waals surface area contributed by atoms with Crippen LogP contribution in [0.5, 0.6) is 0 Å². The molecular weight excluding hydrogens is 404 g/mol. The second kappa shape index (κ2) is 18.4. The fraction of sp³-hybridized carbons (Fsp3) is 0.706. The Morgan fingerprint density at radius 1 is 0.733 bits per heavy atom. The Labute approximate surface area is 174 Å². The maximum atomic E-state index is 11.7. The highest BCUT2D eigenvalue weighted by molar-refractivity contribution is 5.79. The molecule has 0 aromatic heterocycles. The van der Waals surface area contributed by atoms with Crippen LogP contribution >= 0.6 is 0 Å². The van der Waals surface area contributed by atoms with Gasteiger partial charge in [0.15, 0.2) is 0 Å². The quantitative estimate of drug-likeness (QED) is 0.146. The number of carbonyl (C=O) groups excluding carboxylic acids is 2. The number of aliphatic hydroxyl groups is 1. The fourth-order valence-electron chi connectivity index (χ4n) is 2.42. The maximum Gasteiger partial charge on any atom is 0.317 e. The first-order valence-electron chi connectivity index (χ1n) is 9.15. The van der Waals surface area contributed by atoms with Gasteiger partial charge in [0.1, 0.15) is 6.29 Å². The summed E-state index contributed by atoms with van der Waals surface area (Å²) in [6.45, 7) is 1.40. The van der Waals surface area contributed by atoms with Gasteiger partial charge in [0.25, 0.3) is 0 Å². The van der Waals surface area contributed by atoms with Crippen molar-refractivity contribution in [3.05, 3.63) is 0 Å². The highest BCUT2D eigenvalue weighted by atomic mass is 16.4. The van der Waals surface area contributed by atoms with E-state index >= 15 is 0 Å². The van der Waals surface area contributed by atoms with E-state index < -0.39 is 17.9 Å². The molecule has 0 fully saturated rings. The van der Waals surface area contributed by atoms with Gasteiger partial charge in [-0.1, -0.05) is 0 Å². The second-order valence-electron chi connectivity index (χ2n) is 6.02. The van der Waals surface area contributed by atoms with Crippen molar-refractivity contribution >= 4 is 30.1 Å². The van der Waals surface area contributed by atoms with Gasteiger partial charge in [-0.25, -0.2) is 0 Å². The Kier molecular flexibility index (Phi) is 18.2. The molecule has 0 aliphatic carbocycles. The summed E-state index contributed by atoms with van der Waals surface area (Å²) in [5.74, 6) is -3.67. The van der Waals surface area contributed by atoms with Crippen LogP contribution in [0.25, 0.3) is 0 Å². The zero-order valence-electron chi connectivity index (χ0n) is 17.3. The zero-order valence-corrected chi connectivity index (χ0v) is 17.3. The predicted octanol–water partition coefficient (Wildman–Crippen LogP) is -2.91. The third kappa shape index (κ3) is 17.5. The van der Waals surface area contributed by atoms with Gasteiger partial charge >= 0.3 is 17.9 Å². The van der Waals surface area contributed by atoms with Gasteiger partial charge in [-0.3, -0.25) is 33.9 Å². The summed E-state index contributed by atoms with van der Waals surface area (Å²) in [5, 5.41) is 36.4. The molecule has 13 heteroatoms. The minimum Gasteiger partial charge on any atom is -0.480 e. The Morgan fingerprint density at radius 3 is 1.57 bits per heavy atom. The van der Waals surface area contributed by atoms with E-state index in [9.17, 15) is 24.0 Å². The van der Waals surface area contributed by atoms with Crippen molar-refractivity contribution in [3.63, 3.8) is 0 Å². The number of rotatable bonds is 17. The summed E-state index contributed by atoms with van der Waals surface area (Å²) in [6.07, 6.45) is 0.561. The first-order valence-corrected chi connectivity index (χ1v) is 9.15. The van der Waals surface area contributed by atoms with Gasteiger partial charge < -0.3 is 30.5 Å². The summed E-state index contributed by atoms with van der Waals surface area (Å²) in [4.78, 5) is 59.4. The third-order valence-corrected chi connectivity index (χ3v) is 3.62. The smallest absolute Gasteiger partial charge is 0.317 e. The van der Waals surface area contributed by atoms with Gasteiger partial charge in [-0.05, 0) is 6.92 Å². The van der Waals surface area contributed by atoms with Crippen molar-refractivity contribution in [1.29, 1.82) is 0 Å². The lowest BCUT2D eigenvalue weighted by atomic mass is 10.3. The van der Waals surface area contributed by atoms with Crippen LogP contribution in [0.2, 0.25) is 0 Å². The van der Waals surface area contributed by atoms with Crippen molar-refractivity contribution in [2.75, 3.05) is 72.6 Å². The summed E-state index contributed by atoms with van der Waals surface area (Å²) in [7, 11) is 1.00. The van der Waals surface area contributed by atoms with Crippen LogP contribution in [0.1, 0.15) is 6.92 Å². The number of nitrogens with one attached hydrogen (secondary N) is 1. The van der Waals surface area contributed by atoms with E-state index in [-0.39, 0.29) is 64.8 Å². The normalized spacial score (nSPS) is 10.5. The van der Waals surface area contributed by atoms with Crippen molar-refractivity contribution in [1.82, 2.24) is 20.0 Å². The highest BCUT2D eigenvalue weighted by Crippen LogP contribution is 1.96. The number of carboxylic acids is 3. The molecule has 0 heterocycles. The lowest BCUT2D eigenvalue weighted by Crippen LogP contribution is -2.46. The Balaban J connectivity index is 0. The number of aldehydes is 1. The maximum absolute atomic E-state index is 11.7. The van der Waals surface area contributed by atoms with E-state index in [0.29, 0.717) is 12.8 Å². The minimum atomic E-state index is -1.12. The van der Waals surface area contributed by atoms with E-state index in [1.54, 1.807) is 6.92 Å². The number of hydrogen-bond acceptors (Lipinski definition) is 9. The Morgan fingerprint density at radius 2 is 1.13 bits per heavy atom. The van der Waals surface area contributed by atoms with Crippen molar-refractivity contribution in [2.45, 2.75) is 6.92 Å². The van der Waals surface area contributed by atoms with Crippen LogP contribution in [0, 0.1) is 0 Å². The predicted molar refractivity (Wildman–Crippen MR) is 105 cm³/mol. The van der Waals surface area contributed by atoms with Crippen molar-refractivity contribution < 1.29 is 44.4 Å². The van der Waals surface area contributed by atoms with Gasteiger partial charge in [-0.2, -0.15) is 0 Å². The van der Waals surface area contributed by atoms with Gasteiger partial charge in [0, 0.05) is 39.8 Å². The van der Waals surface area contributed by atoms with E-state index in [1.165, 1.54) is 14.7 Å². The van der Waals surface area contributed by atoms with Crippen LogP contribution in [-0.2, 0) is 24.0 Å². The van der Waals surface area contributed by atoms with Gasteiger partial charge in [0.05, 0.1) is 32.7 Å².